The molecule has 0 aromatic carbocycles. The third-order valence-corrected chi connectivity index (χ3v) is 1.54. The molecule has 1 heterocycles. The molecule has 0 bridgehead atoms. The van der Waals surface area contributed by atoms with Crippen LogP contribution in [0.5, 0.6) is 0 Å². The molecule has 3 N–H and O–H groups in total. The average Bonchev–Trinajstić information content (AvgIpc) is 2.35. The van der Waals surface area contributed by atoms with Gasteiger partial charge in [-0.25, -0.2) is 9.07 Å². The minimum Gasteiger partial charge on any atom is -0.480 e. The molecule has 12 heavy (non-hydrogen) atoms. The summed E-state index contributed by atoms with van der Waals surface area (Å²) < 4.78 is 1.23. The van der Waals surface area contributed by atoms with E-state index in [-0.39, 0.29) is 6.42 Å². The van der Waals surface area contributed by atoms with Crippen LogP contribution in [0.1, 0.15) is 5.69 Å². The summed E-state index contributed by atoms with van der Waals surface area (Å²) in [5, 5.41) is 8.46. The van der Waals surface area contributed by atoms with E-state index >= 15 is 0 Å². The second-order valence-corrected chi connectivity index (χ2v) is 2.75. The van der Waals surface area contributed by atoms with Crippen LogP contribution in [0, 0.1) is 0 Å². The van der Waals surface area contributed by atoms with Gasteiger partial charge in [-0.1, -0.05) is 0 Å². The maximum absolute atomic E-state index is 10.3. The number of hydrogen-bond donors (Lipinski definition) is 2. The van der Waals surface area contributed by atoms with Crippen LogP contribution in [0.4, 0.5) is 0 Å². The molecular formula is C6H8ClN3O2. The maximum atomic E-state index is 10.3. The molecule has 0 saturated heterocycles. The lowest BCUT2D eigenvalue weighted by Gasteiger charge is -2.01. The predicted molar refractivity (Wildman–Crippen MR) is 42.8 cm³/mol. The van der Waals surface area contributed by atoms with Crippen molar-refractivity contribution >= 4 is 17.7 Å². The summed E-state index contributed by atoms with van der Waals surface area (Å²) in [6.45, 7) is 0. The summed E-state index contributed by atoms with van der Waals surface area (Å²) in [6, 6.07) is -0.920. The Bertz CT molecular complexity index is 286. The molecule has 0 saturated carbocycles. The molecule has 0 aliphatic heterocycles. The lowest BCUT2D eigenvalue weighted by Crippen LogP contribution is -2.32. The Morgan fingerprint density at radius 2 is 2.58 bits per heavy atom. The van der Waals surface area contributed by atoms with Gasteiger partial charge in [0, 0.05) is 24.4 Å². The molecule has 66 valence electrons. The number of carboxylic acids is 1. The first-order valence-electron chi connectivity index (χ1n) is 3.27. The molecule has 0 radical (unpaired) electrons. The van der Waals surface area contributed by atoms with Crippen LogP contribution in [-0.2, 0) is 11.2 Å². The van der Waals surface area contributed by atoms with Gasteiger partial charge < -0.3 is 10.8 Å². The normalized spacial score (nSPS) is 12.8. The number of nitrogens with zero attached hydrogens (tertiary/aromatic N) is 2. The standard InChI is InChI=1S/C6H8ClN3O2/c7-10-2-4(9-3-10)1-5(8)6(11)12/h2-3,5H,1,8H2,(H,11,12)/t5-/m1/s1. The molecule has 0 unspecified atom stereocenters. The number of carbonyl (C=O) groups is 1. The Balaban J connectivity index is 2.58. The van der Waals surface area contributed by atoms with E-state index in [1.807, 2.05) is 0 Å². The van der Waals surface area contributed by atoms with Crippen molar-refractivity contribution in [3.63, 3.8) is 0 Å². The second kappa shape index (κ2) is 3.55. The van der Waals surface area contributed by atoms with E-state index in [4.69, 9.17) is 22.6 Å². The van der Waals surface area contributed by atoms with Gasteiger partial charge in [0.05, 0.1) is 5.69 Å². The number of nitrogens with two attached hydrogens (primary N) is 1. The monoisotopic (exact) mass is 189 g/mol. The number of hydrogen-bond acceptors (Lipinski definition) is 3. The van der Waals surface area contributed by atoms with E-state index in [1.54, 1.807) is 0 Å². The number of carboxylic acid groups (broad SMARTS) is 1. The summed E-state index contributed by atoms with van der Waals surface area (Å²) in [5.74, 6) is -1.04. The van der Waals surface area contributed by atoms with Gasteiger partial charge >= 0.3 is 5.97 Å². The third-order valence-electron chi connectivity index (χ3n) is 1.35. The highest BCUT2D eigenvalue weighted by Crippen LogP contribution is 2.00. The highest BCUT2D eigenvalue weighted by atomic mass is 35.5. The first-order valence-corrected chi connectivity index (χ1v) is 3.61. The number of halogens is 1. The minimum atomic E-state index is -1.04. The van der Waals surface area contributed by atoms with Crippen molar-refractivity contribution in [2.45, 2.75) is 12.5 Å². The summed E-state index contributed by atoms with van der Waals surface area (Å²) in [4.78, 5) is 14.1. The van der Waals surface area contributed by atoms with Gasteiger partial charge in [-0.3, -0.25) is 4.79 Å². The van der Waals surface area contributed by atoms with Gasteiger partial charge in [-0.05, 0) is 0 Å². The number of aliphatic carboxylic acids is 1. The topological polar surface area (TPSA) is 81.1 Å². The van der Waals surface area contributed by atoms with Crippen LogP contribution in [0.15, 0.2) is 12.5 Å². The SMILES string of the molecule is N[C@H](Cc1cn(Cl)cn1)C(=O)O. The molecule has 1 aromatic heterocycles. The predicted octanol–water partition coefficient (Wildman–Crippen LogP) is -0.161. The van der Waals surface area contributed by atoms with Gasteiger partial charge in [0.1, 0.15) is 12.4 Å². The highest BCUT2D eigenvalue weighted by Gasteiger charge is 2.13. The summed E-state index contributed by atoms with van der Waals surface area (Å²) in [7, 11) is 0. The molecule has 0 aliphatic carbocycles. The van der Waals surface area contributed by atoms with Crippen LogP contribution in [0.3, 0.4) is 0 Å². The fourth-order valence-electron chi connectivity index (χ4n) is 0.756. The van der Waals surface area contributed by atoms with Crippen molar-refractivity contribution in [2.75, 3.05) is 0 Å². The van der Waals surface area contributed by atoms with E-state index in [0.29, 0.717) is 5.69 Å². The molecule has 0 amide bonds. The Morgan fingerprint density at radius 3 is 3.00 bits per heavy atom. The van der Waals surface area contributed by atoms with Crippen molar-refractivity contribution < 1.29 is 9.90 Å². The highest BCUT2D eigenvalue weighted by molar-refractivity contribution is 6.15. The number of imidazole rings is 1. The van der Waals surface area contributed by atoms with E-state index < -0.39 is 12.0 Å². The zero-order chi connectivity index (χ0) is 9.14. The van der Waals surface area contributed by atoms with Gasteiger partial charge in [0.2, 0.25) is 0 Å². The average molecular weight is 190 g/mol. The summed E-state index contributed by atoms with van der Waals surface area (Å²) in [6.07, 6.45) is 3.09. The minimum absolute atomic E-state index is 0.190. The maximum Gasteiger partial charge on any atom is 0.320 e. The van der Waals surface area contributed by atoms with E-state index in [9.17, 15) is 4.79 Å². The van der Waals surface area contributed by atoms with Crippen LogP contribution in [0.2, 0.25) is 0 Å². The fraction of sp³-hybridized carbons (Fsp3) is 0.333. The van der Waals surface area contributed by atoms with Crippen molar-refractivity contribution in [2.24, 2.45) is 5.73 Å². The van der Waals surface area contributed by atoms with Crippen molar-refractivity contribution in [3.05, 3.63) is 18.2 Å². The van der Waals surface area contributed by atoms with E-state index in [2.05, 4.69) is 4.98 Å². The third kappa shape index (κ3) is 2.21. The fourth-order valence-corrected chi connectivity index (χ4v) is 0.913. The van der Waals surface area contributed by atoms with E-state index in [1.165, 1.54) is 16.6 Å². The molecule has 1 atom stereocenters. The zero-order valence-electron chi connectivity index (χ0n) is 6.14. The van der Waals surface area contributed by atoms with Gasteiger partial charge in [0.25, 0.3) is 0 Å². The number of aromatic nitrogens is 2. The molecule has 6 heteroatoms. The van der Waals surface area contributed by atoms with Crippen LogP contribution in [-0.4, -0.2) is 26.2 Å². The molecule has 0 fully saturated rings. The number of rotatable bonds is 3. The lowest BCUT2D eigenvalue weighted by molar-refractivity contribution is -0.138. The molecular weight excluding hydrogens is 182 g/mol. The van der Waals surface area contributed by atoms with Crippen molar-refractivity contribution in [1.82, 2.24) is 9.07 Å². The van der Waals surface area contributed by atoms with Crippen LogP contribution in [0.25, 0.3) is 0 Å². The zero-order valence-corrected chi connectivity index (χ0v) is 6.90. The molecule has 1 aromatic rings. The lowest BCUT2D eigenvalue weighted by atomic mass is 10.2. The Kier molecular flexibility index (Phi) is 2.67. The van der Waals surface area contributed by atoms with Crippen molar-refractivity contribution in [1.29, 1.82) is 0 Å². The quantitative estimate of drug-likeness (QED) is 0.693. The summed E-state index contributed by atoms with van der Waals surface area (Å²) >= 11 is 5.49. The molecule has 0 spiro atoms. The second-order valence-electron chi connectivity index (χ2n) is 2.36. The summed E-state index contributed by atoms with van der Waals surface area (Å²) in [5.41, 5.74) is 5.84. The Labute approximate surface area is 73.9 Å². The Morgan fingerprint density at radius 1 is 1.92 bits per heavy atom. The largest absolute Gasteiger partial charge is 0.480 e. The molecule has 0 aliphatic rings. The molecule has 5 nitrogen and oxygen atoms in total. The van der Waals surface area contributed by atoms with Crippen molar-refractivity contribution in [3.8, 4) is 0 Å². The first kappa shape index (κ1) is 9.02. The van der Waals surface area contributed by atoms with Crippen LogP contribution >= 0.6 is 11.8 Å². The van der Waals surface area contributed by atoms with Gasteiger partial charge in [-0.15, -0.1) is 0 Å². The smallest absolute Gasteiger partial charge is 0.320 e. The van der Waals surface area contributed by atoms with Gasteiger partial charge in [0.15, 0.2) is 0 Å². The Hall–Kier alpha value is -1.07. The van der Waals surface area contributed by atoms with Gasteiger partial charge in [-0.2, -0.15) is 0 Å². The van der Waals surface area contributed by atoms with E-state index in [0.717, 1.165) is 0 Å². The van der Waals surface area contributed by atoms with Crippen LogP contribution < -0.4 is 5.73 Å². The molecule has 1 rings (SSSR count). The first-order chi connectivity index (χ1) is 5.59.